The van der Waals surface area contributed by atoms with Gasteiger partial charge in [-0.25, -0.2) is 9.18 Å². The van der Waals surface area contributed by atoms with Crippen LogP contribution in [0.4, 0.5) is 14.9 Å². The fraction of sp³-hybridized carbons (Fsp3) is 0.579. The zero-order chi connectivity index (χ0) is 18.9. The van der Waals surface area contributed by atoms with E-state index in [0.29, 0.717) is 25.2 Å². The molecule has 26 heavy (non-hydrogen) atoms. The number of rotatable bonds is 2. The van der Waals surface area contributed by atoms with Gasteiger partial charge in [0.05, 0.1) is 5.69 Å². The number of nitrogens with zero attached hydrogens (tertiary/aromatic N) is 1. The van der Waals surface area contributed by atoms with Crippen molar-refractivity contribution in [2.24, 2.45) is 5.92 Å². The molecule has 0 aromatic heterocycles. The molecular formula is C19H25FN2O4. The second-order valence-corrected chi connectivity index (χ2v) is 7.93. The van der Waals surface area contributed by atoms with E-state index < -0.39 is 11.4 Å². The summed E-state index contributed by atoms with van der Waals surface area (Å²) in [6.07, 6.45) is 2.16. The highest BCUT2D eigenvalue weighted by Crippen LogP contribution is 2.33. The molecule has 0 spiro atoms. The number of fused-ring (bicyclic) bond motifs is 1. The van der Waals surface area contributed by atoms with Gasteiger partial charge in [-0.05, 0) is 63.6 Å². The first-order chi connectivity index (χ1) is 12.2. The molecular weight excluding hydrogens is 339 g/mol. The van der Waals surface area contributed by atoms with Crippen LogP contribution in [-0.2, 0) is 16.0 Å². The highest BCUT2D eigenvalue weighted by atomic mass is 19.1. The lowest BCUT2D eigenvalue weighted by Crippen LogP contribution is -2.43. The Labute approximate surface area is 152 Å². The second-order valence-electron chi connectivity index (χ2n) is 7.93. The molecule has 0 bridgehead atoms. The van der Waals surface area contributed by atoms with Gasteiger partial charge in [-0.3, -0.25) is 4.79 Å². The minimum atomic E-state index is -0.524. The SMILES string of the molecule is CC(C)(C)OC(=O)N1CCCC(Cc2cc(F)c3c(c2)NC(=O)CO3)C1. The van der Waals surface area contributed by atoms with E-state index in [1.54, 1.807) is 11.0 Å². The third-order valence-corrected chi connectivity index (χ3v) is 4.42. The third kappa shape index (κ3) is 4.45. The van der Waals surface area contributed by atoms with Crippen LogP contribution in [0, 0.1) is 11.7 Å². The minimum absolute atomic E-state index is 0.0902. The number of piperidine rings is 1. The maximum Gasteiger partial charge on any atom is 0.410 e. The lowest BCUT2D eigenvalue weighted by atomic mass is 9.91. The Kier molecular flexibility index (Phi) is 5.07. The fourth-order valence-corrected chi connectivity index (χ4v) is 3.39. The van der Waals surface area contributed by atoms with Gasteiger partial charge >= 0.3 is 6.09 Å². The monoisotopic (exact) mass is 364 g/mol. The number of likely N-dealkylation sites (tertiary alicyclic amines) is 1. The van der Waals surface area contributed by atoms with E-state index in [4.69, 9.17) is 9.47 Å². The van der Waals surface area contributed by atoms with Gasteiger partial charge < -0.3 is 19.7 Å². The summed E-state index contributed by atoms with van der Waals surface area (Å²) >= 11 is 0. The van der Waals surface area contributed by atoms with Crippen molar-refractivity contribution in [3.63, 3.8) is 0 Å². The average molecular weight is 364 g/mol. The maximum atomic E-state index is 14.2. The molecule has 0 saturated carbocycles. The average Bonchev–Trinajstić information content (AvgIpc) is 2.53. The number of benzene rings is 1. The standard InChI is InChI=1S/C19H25FN2O4/c1-19(2,3)26-18(24)22-6-4-5-12(10-22)7-13-8-14(20)17-15(9-13)21-16(23)11-25-17/h8-9,12H,4-7,10-11H2,1-3H3,(H,21,23). The van der Waals surface area contributed by atoms with Crippen molar-refractivity contribution in [1.82, 2.24) is 4.90 Å². The number of ether oxygens (including phenoxy) is 2. The molecule has 1 saturated heterocycles. The highest BCUT2D eigenvalue weighted by Gasteiger charge is 2.28. The van der Waals surface area contributed by atoms with Crippen molar-refractivity contribution < 1.29 is 23.5 Å². The summed E-state index contributed by atoms with van der Waals surface area (Å²) < 4.78 is 24.8. The first-order valence-corrected chi connectivity index (χ1v) is 8.94. The normalized spacial score (nSPS) is 20.1. The number of anilines is 1. The van der Waals surface area contributed by atoms with Crippen LogP contribution in [-0.4, -0.2) is 42.2 Å². The molecule has 7 heteroatoms. The van der Waals surface area contributed by atoms with Crippen LogP contribution in [0.15, 0.2) is 12.1 Å². The Morgan fingerprint density at radius 3 is 2.92 bits per heavy atom. The molecule has 1 unspecified atom stereocenters. The van der Waals surface area contributed by atoms with Gasteiger partial charge in [0.2, 0.25) is 0 Å². The highest BCUT2D eigenvalue weighted by molar-refractivity contribution is 5.95. The summed E-state index contributed by atoms with van der Waals surface area (Å²) in [5, 5.41) is 2.64. The summed E-state index contributed by atoms with van der Waals surface area (Å²) in [4.78, 5) is 25.4. The van der Waals surface area contributed by atoms with Gasteiger partial charge in [-0.1, -0.05) is 0 Å². The number of amides is 2. The number of carbonyl (C=O) groups is 2. The first-order valence-electron chi connectivity index (χ1n) is 8.94. The van der Waals surface area contributed by atoms with Crippen molar-refractivity contribution in [2.45, 2.75) is 45.6 Å². The summed E-state index contributed by atoms with van der Waals surface area (Å²) in [7, 11) is 0. The predicted molar refractivity (Wildman–Crippen MR) is 94.8 cm³/mol. The van der Waals surface area contributed by atoms with Gasteiger partial charge in [0.15, 0.2) is 18.2 Å². The summed E-state index contributed by atoms with van der Waals surface area (Å²) in [5.74, 6) is -0.457. The first kappa shape index (κ1) is 18.5. The Bertz CT molecular complexity index is 714. The molecule has 0 aliphatic carbocycles. The summed E-state index contributed by atoms with van der Waals surface area (Å²) in [6.45, 7) is 6.62. The van der Waals surface area contributed by atoms with Crippen LogP contribution in [0.1, 0.15) is 39.2 Å². The quantitative estimate of drug-likeness (QED) is 0.874. The largest absolute Gasteiger partial charge is 0.478 e. The molecule has 1 atom stereocenters. The number of hydrogen-bond acceptors (Lipinski definition) is 4. The summed E-state index contributed by atoms with van der Waals surface area (Å²) in [6, 6.07) is 3.20. The van der Waals surface area contributed by atoms with Gasteiger partial charge in [-0.2, -0.15) is 0 Å². The van der Waals surface area contributed by atoms with Gasteiger partial charge in [0.25, 0.3) is 5.91 Å². The molecule has 142 valence electrons. The number of nitrogens with one attached hydrogen (secondary N) is 1. The molecule has 1 fully saturated rings. The zero-order valence-electron chi connectivity index (χ0n) is 15.4. The number of hydrogen-bond donors (Lipinski definition) is 1. The van der Waals surface area contributed by atoms with Crippen molar-refractivity contribution in [2.75, 3.05) is 25.0 Å². The molecule has 3 rings (SSSR count). The van der Waals surface area contributed by atoms with E-state index in [2.05, 4.69) is 5.32 Å². The molecule has 0 radical (unpaired) electrons. The molecule has 6 nitrogen and oxygen atoms in total. The van der Waals surface area contributed by atoms with E-state index in [9.17, 15) is 14.0 Å². The minimum Gasteiger partial charge on any atom is -0.478 e. The van der Waals surface area contributed by atoms with Crippen LogP contribution in [0.3, 0.4) is 0 Å². The number of halogens is 1. The molecule has 2 amide bonds. The van der Waals surface area contributed by atoms with Gasteiger partial charge in [0, 0.05) is 13.1 Å². The molecule has 2 aliphatic rings. The van der Waals surface area contributed by atoms with Crippen molar-refractivity contribution in [1.29, 1.82) is 0 Å². The van der Waals surface area contributed by atoms with E-state index in [1.165, 1.54) is 6.07 Å². The Morgan fingerprint density at radius 2 is 2.19 bits per heavy atom. The van der Waals surface area contributed by atoms with Crippen molar-refractivity contribution >= 4 is 17.7 Å². The van der Waals surface area contributed by atoms with Crippen molar-refractivity contribution in [3.05, 3.63) is 23.5 Å². The molecule has 1 aromatic rings. The topological polar surface area (TPSA) is 67.9 Å². The van der Waals surface area contributed by atoms with Crippen LogP contribution in [0.2, 0.25) is 0 Å². The van der Waals surface area contributed by atoms with Gasteiger partial charge in [-0.15, -0.1) is 0 Å². The Morgan fingerprint density at radius 1 is 1.42 bits per heavy atom. The lowest BCUT2D eigenvalue weighted by Gasteiger charge is -2.34. The second kappa shape index (κ2) is 7.13. The number of carbonyl (C=O) groups excluding carboxylic acids is 2. The predicted octanol–water partition coefficient (Wildman–Crippen LogP) is 3.35. The van der Waals surface area contributed by atoms with Crippen LogP contribution in [0.25, 0.3) is 0 Å². The molecule has 2 heterocycles. The molecule has 1 aromatic carbocycles. The van der Waals surface area contributed by atoms with Crippen LogP contribution in [0.5, 0.6) is 5.75 Å². The van der Waals surface area contributed by atoms with Crippen LogP contribution < -0.4 is 10.1 Å². The van der Waals surface area contributed by atoms with Crippen molar-refractivity contribution in [3.8, 4) is 5.75 Å². The third-order valence-electron chi connectivity index (χ3n) is 4.42. The molecule has 2 aliphatic heterocycles. The maximum absolute atomic E-state index is 14.2. The molecule has 1 N–H and O–H groups in total. The van der Waals surface area contributed by atoms with Gasteiger partial charge in [0.1, 0.15) is 5.60 Å². The zero-order valence-corrected chi connectivity index (χ0v) is 15.4. The van der Waals surface area contributed by atoms with E-state index in [1.807, 2.05) is 20.8 Å². The fourth-order valence-electron chi connectivity index (χ4n) is 3.39. The van der Waals surface area contributed by atoms with E-state index >= 15 is 0 Å². The van der Waals surface area contributed by atoms with E-state index in [0.717, 1.165) is 18.4 Å². The smallest absolute Gasteiger partial charge is 0.410 e. The van der Waals surface area contributed by atoms with Crippen LogP contribution >= 0.6 is 0 Å². The van der Waals surface area contributed by atoms with E-state index in [-0.39, 0.29) is 30.3 Å². The lowest BCUT2D eigenvalue weighted by molar-refractivity contribution is -0.118. The summed E-state index contributed by atoms with van der Waals surface area (Å²) in [5.41, 5.74) is 0.628. The Hall–Kier alpha value is -2.31. The Balaban J connectivity index is 1.67.